The van der Waals surface area contributed by atoms with Gasteiger partial charge in [-0.2, -0.15) is 5.26 Å². The van der Waals surface area contributed by atoms with Crippen LogP contribution in [0.3, 0.4) is 0 Å². The van der Waals surface area contributed by atoms with Crippen LogP contribution in [-0.4, -0.2) is 20.6 Å². The summed E-state index contributed by atoms with van der Waals surface area (Å²) < 4.78 is 2.02. The smallest absolute Gasteiger partial charge is 0.144 e. The summed E-state index contributed by atoms with van der Waals surface area (Å²) >= 11 is 0. The zero-order chi connectivity index (χ0) is 12.8. The maximum atomic E-state index is 8.94. The van der Waals surface area contributed by atoms with Crippen molar-refractivity contribution in [3.63, 3.8) is 0 Å². The molecule has 0 aliphatic rings. The fraction of sp³-hybridized carbons (Fsp3) is 0.308. The number of hydrogen-bond donors (Lipinski definition) is 1. The highest BCUT2D eigenvalue weighted by Crippen LogP contribution is 2.04. The lowest BCUT2D eigenvalue weighted by Crippen LogP contribution is -2.29. The van der Waals surface area contributed by atoms with Gasteiger partial charge in [0.25, 0.3) is 0 Å². The number of pyridine rings is 1. The first-order chi connectivity index (χ1) is 8.79. The standard InChI is InChI=1S/C13H15N5/c1-11(9-18-6-5-15-10-18)17-8-12-3-2-4-16-13(12)7-14/h2-6,10-11,17H,8-9H2,1H3. The fourth-order valence-corrected chi connectivity index (χ4v) is 1.74. The lowest BCUT2D eigenvalue weighted by molar-refractivity contribution is 0.475. The van der Waals surface area contributed by atoms with Crippen LogP contribution >= 0.6 is 0 Å². The molecule has 1 atom stereocenters. The van der Waals surface area contributed by atoms with E-state index in [-0.39, 0.29) is 0 Å². The fourth-order valence-electron chi connectivity index (χ4n) is 1.74. The zero-order valence-electron chi connectivity index (χ0n) is 10.2. The van der Waals surface area contributed by atoms with Crippen molar-refractivity contribution in [2.24, 2.45) is 0 Å². The Labute approximate surface area is 106 Å². The monoisotopic (exact) mass is 241 g/mol. The average molecular weight is 241 g/mol. The highest BCUT2D eigenvalue weighted by molar-refractivity contribution is 5.30. The molecule has 0 aliphatic heterocycles. The highest BCUT2D eigenvalue weighted by Gasteiger charge is 2.05. The van der Waals surface area contributed by atoms with Crippen molar-refractivity contribution in [2.45, 2.75) is 26.1 Å². The van der Waals surface area contributed by atoms with Gasteiger partial charge in [-0.25, -0.2) is 9.97 Å². The Hall–Kier alpha value is -2.19. The number of nitrogens with zero attached hydrogens (tertiary/aromatic N) is 4. The molecule has 2 heterocycles. The summed E-state index contributed by atoms with van der Waals surface area (Å²) in [5.41, 5.74) is 1.41. The van der Waals surface area contributed by atoms with Gasteiger partial charge >= 0.3 is 0 Å². The van der Waals surface area contributed by atoms with E-state index in [1.165, 1.54) is 0 Å². The minimum absolute atomic E-state index is 0.297. The van der Waals surface area contributed by atoms with Crippen molar-refractivity contribution in [2.75, 3.05) is 0 Å². The molecule has 1 N–H and O–H groups in total. The van der Waals surface area contributed by atoms with Crippen molar-refractivity contribution in [3.05, 3.63) is 48.3 Å². The van der Waals surface area contributed by atoms with Crippen LogP contribution in [-0.2, 0) is 13.1 Å². The van der Waals surface area contributed by atoms with Crippen LogP contribution in [0.1, 0.15) is 18.2 Å². The van der Waals surface area contributed by atoms with E-state index in [9.17, 15) is 0 Å². The molecule has 18 heavy (non-hydrogen) atoms. The molecule has 0 aromatic carbocycles. The van der Waals surface area contributed by atoms with E-state index in [1.807, 2.05) is 22.9 Å². The van der Waals surface area contributed by atoms with Crippen LogP contribution in [0, 0.1) is 11.3 Å². The minimum Gasteiger partial charge on any atom is -0.336 e. The normalized spacial score (nSPS) is 12.0. The second kappa shape index (κ2) is 5.94. The number of hydrogen-bond acceptors (Lipinski definition) is 4. The second-order valence-electron chi connectivity index (χ2n) is 4.16. The Balaban J connectivity index is 1.89. The highest BCUT2D eigenvalue weighted by atomic mass is 15.1. The summed E-state index contributed by atoms with van der Waals surface area (Å²) in [6, 6.07) is 6.16. The molecule has 0 spiro atoms. The van der Waals surface area contributed by atoms with Crippen molar-refractivity contribution < 1.29 is 0 Å². The third-order valence-corrected chi connectivity index (χ3v) is 2.68. The first-order valence-corrected chi connectivity index (χ1v) is 5.82. The largest absolute Gasteiger partial charge is 0.336 e. The lowest BCUT2D eigenvalue weighted by atomic mass is 10.2. The second-order valence-corrected chi connectivity index (χ2v) is 4.16. The Morgan fingerprint density at radius 3 is 3.11 bits per heavy atom. The van der Waals surface area contributed by atoms with Crippen molar-refractivity contribution in [1.29, 1.82) is 5.26 Å². The minimum atomic E-state index is 0.297. The number of nitrogens with one attached hydrogen (secondary N) is 1. The average Bonchev–Trinajstić information content (AvgIpc) is 2.89. The molecule has 0 radical (unpaired) electrons. The Morgan fingerprint density at radius 2 is 2.39 bits per heavy atom. The molecule has 0 bridgehead atoms. The number of imidazole rings is 1. The van der Waals surface area contributed by atoms with Gasteiger partial charge in [0.2, 0.25) is 0 Å². The molecule has 0 aliphatic carbocycles. The quantitative estimate of drug-likeness (QED) is 0.857. The molecule has 2 aromatic rings. The molecular formula is C13H15N5. The summed E-state index contributed by atoms with van der Waals surface area (Å²) in [6.45, 7) is 3.59. The molecule has 0 fully saturated rings. The van der Waals surface area contributed by atoms with E-state index < -0.39 is 0 Å². The van der Waals surface area contributed by atoms with Crippen LogP contribution in [0.25, 0.3) is 0 Å². The van der Waals surface area contributed by atoms with Gasteiger partial charge in [0.1, 0.15) is 11.8 Å². The van der Waals surface area contributed by atoms with Gasteiger partial charge in [-0.05, 0) is 13.0 Å². The van der Waals surface area contributed by atoms with Gasteiger partial charge in [0.05, 0.1) is 6.33 Å². The first kappa shape index (κ1) is 12.3. The molecule has 0 saturated carbocycles. The van der Waals surface area contributed by atoms with E-state index >= 15 is 0 Å². The Bertz CT molecular complexity index is 527. The van der Waals surface area contributed by atoms with Crippen LogP contribution in [0.15, 0.2) is 37.1 Å². The summed E-state index contributed by atoms with van der Waals surface area (Å²) in [5.74, 6) is 0. The predicted octanol–water partition coefficient (Wildman–Crippen LogP) is 1.33. The third-order valence-electron chi connectivity index (χ3n) is 2.68. The summed E-state index contributed by atoms with van der Waals surface area (Å²) in [4.78, 5) is 8.04. The summed E-state index contributed by atoms with van der Waals surface area (Å²) in [7, 11) is 0. The molecule has 2 aromatic heterocycles. The van der Waals surface area contributed by atoms with Crippen molar-refractivity contribution in [1.82, 2.24) is 19.9 Å². The topological polar surface area (TPSA) is 66.5 Å². The molecule has 5 heteroatoms. The number of aromatic nitrogens is 3. The van der Waals surface area contributed by atoms with Gasteiger partial charge in [0.15, 0.2) is 0 Å². The van der Waals surface area contributed by atoms with E-state index in [1.54, 1.807) is 18.7 Å². The maximum absolute atomic E-state index is 8.94. The molecule has 5 nitrogen and oxygen atoms in total. The van der Waals surface area contributed by atoms with E-state index in [2.05, 4.69) is 28.3 Å². The van der Waals surface area contributed by atoms with Gasteiger partial charge in [0, 0.05) is 43.3 Å². The summed E-state index contributed by atoms with van der Waals surface area (Å²) in [6.07, 6.45) is 7.13. The van der Waals surface area contributed by atoms with E-state index in [4.69, 9.17) is 5.26 Å². The summed E-state index contributed by atoms with van der Waals surface area (Å²) in [5, 5.41) is 12.3. The molecule has 0 amide bonds. The molecular weight excluding hydrogens is 226 g/mol. The van der Waals surface area contributed by atoms with Crippen LogP contribution in [0.5, 0.6) is 0 Å². The molecule has 1 unspecified atom stereocenters. The predicted molar refractivity (Wildman–Crippen MR) is 67.5 cm³/mol. The number of nitriles is 1. The maximum Gasteiger partial charge on any atom is 0.144 e. The van der Waals surface area contributed by atoms with Gasteiger partial charge in [-0.3, -0.25) is 0 Å². The Morgan fingerprint density at radius 1 is 1.50 bits per heavy atom. The molecule has 2 rings (SSSR count). The van der Waals surface area contributed by atoms with Gasteiger partial charge < -0.3 is 9.88 Å². The van der Waals surface area contributed by atoms with Crippen LogP contribution in [0.4, 0.5) is 0 Å². The van der Waals surface area contributed by atoms with E-state index in [0.717, 1.165) is 12.1 Å². The van der Waals surface area contributed by atoms with Gasteiger partial charge in [-0.1, -0.05) is 6.07 Å². The third kappa shape index (κ3) is 3.15. The lowest BCUT2D eigenvalue weighted by Gasteiger charge is -2.14. The number of rotatable bonds is 5. The Kier molecular flexibility index (Phi) is 4.05. The van der Waals surface area contributed by atoms with Gasteiger partial charge in [-0.15, -0.1) is 0 Å². The van der Waals surface area contributed by atoms with Crippen LogP contribution in [0.2, 0.25) is 0 Å². The first-order valence-electron chi connectivity index (χ1n) is 5.82. The SMILES string of the molecule is CC(Cn1ccnc1)NCc1cccnc1C#N. The van der Waals surface area contributed by atoms with E-state index in [0.29, 0.717) is 18.3 Å². The molecule has 0 saturated heterocycles. The zero-order valence-corrected chi connectivity index (χ0v) is 10.2. The van der Waals surface area contributed by atoms with Crippen molar-refractivity contribution in [3.8, 4) is 6.07 Å². The van der Waals surface area contributed by atoms with Crippen molar-refractivity contribution >= 4 is 0 Å². The van der Waals surface area contributed by atoms with Crippen LogP contribution < -0.4 is 5.32 Å². The molecule has 92 valence electrons.